The van der Waals surface area contributed by atoms with Crippen LogP contribution in [0.1, 0.15) is 60.7 Å². The highest BCUT2D eigenvalue weighted by Gasteiger charge is 2.43. The quantitative estimate of drug-likeness (QED) is 0.190. The third kappa shape index (κ3) is 6.55. The SMILES string of the molecule is CC(C)(C)OC(=O)CCCC(N1C(=O)c2ccccc2C1=O)N(c1ccc(-c2ccc(Cl)cc2)cc1)S(=O)O. The van der Waals surface area contributed by atoms with Crippen LogP contribution in [0.4, 0.5) is 5.69 Å². The fourth-order valence-corrected chi connectivity index (χ4v) is 5.30. The van der Waals surface area contributed by atoms with Crippen molar-refractivity contribution in [2.75, 3.05) is 4.31 Å². The second kappa shape index (κ2) is 11.7. The molecule has 3 aromatic carbocycles. The van der Waals surface area contributed by atoms with Crippen molar-refractivity contribution in [1.82, 2.24) is 4.90 Å². The van der Waals surface area contributed by atoms with Gasteiger partial charge in [-0.15, -0.1) is 0 Å². The number of rotatable bonds is 9. The molecule has 2 unspecified atom stereocenters. The number of anilines is 1. The summed E-state index contributed by atoms with van der Waals surface area (Å²) in [5.41, 5.74) is 1.86. The van der Waals surface area contributed by atoms with Gasteiger partial charge in [-0.1, -0.05) is 48.0 Å². The summed E-state index contributed by atoms with van der Waals surface area (Å²) in [5.74, 6) is -1.56. The Morgan fingerprint density at radius 3 is 1.95 bits per heavy atom. The molecular weight excluding hydrogens is 540 g/mol. The van der Waals surface area contributed by atoms with Gasteiger partial charge in [-0.05, 0) is 81.1 Å². The largest absolute Gasteiger partial charge is 0.460 e. The van der Waals surface area contributed by atoms with Crippen molar-refractivity contribution in [2.24, 2.45) is 0 Å². The number of carbonyl (C=O) groups excluding carboxylic acids is 3. The minimum absolute atomic E-state index is 0.0122. The van der Waals surface area contributed by atoms with E-state index >= 15 is 0 Å². The molecule has 0 aromatic heterocycles. The maximum absolute atomic E-state index is 13.4. The highest BCUT2D eigenvalue weighted by molar-refractivity contribution is 7.80. The zero-order valence-electron chi connectivity index (χ0n) is 21.8. The number of esters is 1. The lowest BCUT2D eigenvalue weighted by atomic mass is 10.1. The molecule has 0 saturated carbocycles. The lowest BCUT2D eigenvalue weighted by Crippen LogP contribution is -2.52. The molecule has 8 nitrogen and oxygen atoms in total. The Bertz CT molecular complexity index is 1370. The summed E-state index contributed by atoms with van der Waals surface area (Å²) in [6.07, 6.45) is -0.843. The van der Waals surface area contributed by atoms with E-state index in [0.717, 1.165) is 20.3 Å². The zero-order chi connectivity index (χ0) is 28.3. The number of ether oxygens (including phenoxy) is 1. The van der Waals surface area contributed by atoms with Gasteiger partial charge < -0.3 is 4.74 Å². The molecule has 0 saturated heterocycles. The van der Waals surface area contributed by atoms with Gasteiger partial charge in [-0.25, -0.2) is 8.51 Å². The molecule has 1 aliphatic rings. The first-order chi connectivity index (χ1) is 18.5. The van der Waals surface area contributed by atoms with Gasteiger partial charge in [0.2, 0.25) is 0 Å². The van der Waals surface area contributed by atoms with E-state index < -0.39 is 40.8 Å². The third-order valence-corrected chi connectivity index (χ3v) is 7.17. The summed E-state index contributed by atoms with van der Waals surface area (Å²) < 4.78 is 29.6. The first kappa shape index (κ1) is 28.5. The normalized spacial score (nSPS) is 14.6. The number of carbonyl (C=O) groups is 3. The van der Waals surface area contributed by atoms with Gasteiger partial charge in [-0.3, -0.25) is 23.8 Å². The van der Waals surface area contributed by atoms with E-state index in [0.29, 0.717) is 10.7 Å². The van der Waals surface area contributed by atoms with Gasteiger partial charge in [-0.2, -0.15) is 0 Å². The molecule has 1 aliphatic heterocycles. The van der Waals surface area contributed by atoms with E-state index in [1.807, 2.05) is 12.1 Å². The van der Waals surface area contributed by atoms with Crippen molar-refractivity contribution >= 4 is 46.3 Å². The van der Waals surface area contributed by atoms with Crippen LogP contribution in [0.15, 0.2) is 72.8 Å². The molecule has 0 spiro atoms. The first-order valence-corrected chi connectivity index (χ1v) is 13.9. The monoisotopic (exact) mass is 568 g/mol. The molecule has 2 amide bonds. The molecule has 1 N–H and O–H groups in total. The summed E-state index contributed by atoms with van der Waals surface area (Å²) in [6, 6.07) is 20.5. The maximum Gasteiger partial charge on any atom is 0.306 e. The van der Waals surface area contributed by atoms with Gasteiger partial charge >= 0.3 is 5.97 Å². The van der Waals surface area contributed by atoms with Crippen molar-refractivity contribution in [3.63, 3.8) is 0 Å². The Balaban J connectivity index is 1.66. The van der Waals surface area contributed by atoms with Gasteiger partial charge in [0.1, 0.15) is 11.8 Å². The van der Waals surface area contributed by atoms with Crippen LogP contribution < -0.4 is 4.31 Å². The van der Waals surface area contributed by atoms with E-state index in [4.69, 9.17) is 16.3 Å². The van der Waals surface area contributed by atoms with Crippen LogP contribution in [-0.2, 0) is 20.8 Å². The van der Waals surface area contributed by atoms with Crippen molar-refractivity contribution in [3.05, 3.63) is 88.9 Å². The zero-order valence-corrected chi connectivity index (χ0v) is 23.4. The minimum atomic E-state index is -2.61. The minimum Gasteiger partial charge on any atom is -0.460 e. The maximum atomic E-state index is 13.4. The van der Waals surface area contributed by atoms with E-state index in [9.17, 15) is 23.1 Å². The lowest BCUT2D eigenvalue weighted by Gasteiger charge is -2.35. The Hall–Kier alpha value is -3.53. The van der Waals surface area contributed by atoms with Crippen LogP contribution >= 0.6 is 11.6 Å². The Morgan fingerprint density at radius 2 is 1.46 bits per heavy atom. The summed E-state index contributed by atoms with van der Waals surface area (Å²) in [5, 5.41) is 0.604. The number of benzene rings is 3. The van der Waals surface area contributed by atoms with Crippen LogP contribution in [0.2, 0.25) is 5.02 Å². The Labute approximate surface area is 234 Å². The lowest BCUT2D eigenvalue weighted by molar-refractivity contribution is -0.154. The number of imide groups is 1. The highest BCUT2D eigenvalue weighted by atomic mass is 35.5. The number of hydrogen-bond donors (Lipinski definition) is 1. The van der Waals surface area contributed by atoms with Crippen LogP contribution in [0.3, 0.4) is 0 Å². The number of halogens is 1. The number of fused-ring (bicyclic) bond motifs is 1. The molecule has 204 valence electrons. The van der Waals surface area contributed by atoms with Gasteiger partial charge in [0, 0.05) is 11.4 Å². The topological polar surface area (TPSA) is 104 Å². The summed E-state index contributed by atoms with van der Waals surface area (Å²) in [4.78, 5) is 40.0. The first-order valence-electron chi connectivity index (χ1n) is 12.4. The van der Waals surface area contributed by atoms with Crippen LogP contribution in [0, 0.1) is 0 Å². The van der Waals surface area contributed by atoms with Gasteiger partial charge in [0.15, 0.2) is 0 Å². The fourth-order valence-electron chi connectivity index (χ4n) is 4.46. The van der Waals surface area contributed by atoms with Gasteiger partial charge in [0.25, 0.3) is 23.1 Å². The van der Waals surface area contributed by atoms with Crippen LogP contribution in [0.5, 0.6) is 0 Å². The predicted molar refractivity (Wildman–Crippen MR) is 151 cm³/mol. The second-order valence-electron chi connectivity index (χ2n) is 10.1. The van der Waals surface area contributed by atoms with Crippen molar-refractivity contribution < 1.29 is 27.9 Å². The molecular formula is C29H29ClN2O6S. The summed E-state index contributed by atoms with van der Waals surface area (Å²) >= 11 is 3.38. The van der Waals surface area contributed by atoms with Crippen LogP contribution in [0.25, 0.3) is 11.1 Å². The smallest absolute Gasteiger partial charge is 0.306 e. The average Bonchev–Trinajstić information content (AvgIpc) is 3.13. The Morgan fingerprint density at radius 1 is 0.949 bits per heavy atom. The van der Waals surface area contributed by atoms with E-state index in [1.165, 1.54) is 0 Å². The molecule has 0 aliphatic carbocycles. The average molecular weight is 569 g/mol. The summed E-state index contributed by atoms with van der Waals surface area (Å²) in [6.45, 7) is 5.28. The van der Waals surface area contributed by atoms with Gasteiger partial charge in [0.05, 0.1) is 16.8 Å². The molecule has 3 aromatic rings. The predicted octanol–water partition coefficient (Wildman–Crippen LogP) is 6.08. The molecule has 0 fully saturated rings. The fraction of sp³-hybridized carbons (Fsp3) is 0.276. The second-order valence-corrected chi connectivity index (χ2v) is 11.4. The molecule has 4 rings (SSSR count). The number of nitrogens with zero attached hydrogens (tertiary/aromatic N) is 2. The number of amides is 2. The van der Waals surface area contributed by atoms with Crippen molar-refractivity contribution in [1.29, 1.82) is 0 Å². The third-order valence-electron chi connectivity index (χ3n) is 6.13. The van der Waals surface area contributed by atoms with Crippen molar-refractivity contribution in [2.45, 2.75) is 51.8 Å². The molecule has 10 heteroatoms. The summed E-state index contributed by atoms with van der Waals surface area (Å²) in [7, 11) is 0. The molecule has 1 heterocycles. The molecule has 2 atom stereocenters. The van der Waals surface area contributed by atoms with E-state index in [2.05, 4.69) is 0 Å². The Kier molecular flexibility index (Phi) is 8.54. The standard InChI is InChI=1S/C29H29ClN2O6S/c1-29(2,3)38-26(33)10-6-9-25(31-27(34)23-7-4-5-8-24(23)28(31)35)32(39(36)37)22-17-13-20(14-18-22)19-11-15-21(30)16-12-19/h4-5,7-8,11-18,25H,6,9-10H2,1-3H3,(H,36,37). The molecule has 0 bridgehead atoms. The number of hydrogen-bond acceptors (Lipinski definition) is 5. The molecule has 39 heavy (non-hydrogen) atoms. The van der Waals surface area contributed by atoms with E-state index in [1.54, 1.807) is 81.4 Å². The molecule has 0 radical (unpaired) electrons. The highest BCUT2D eigenvalue weighted by Crippen LogP contribution is 2.32. The van der Waals surface area contributed by atoms with Crippen molar-refractivity contribution in [3.8, 4) is 11.1 Å². The van der Waals surface area contributed by atoms with E-state index in [-0.39, 0.29) is 30.4 Å². The van der Waals surface area contributed by atoms with Crippen LogP contribution in [-0.4, -0.2) is 43.2 Å².